The number of nitrogens with zero attached hydrogens (tertiary/aromatic N) is 4. The Morgan fingerprint density at radius 3 is 2.93 bits per heavy atom. The summed E-state index contributed by atoms with van der Waals surface area (Å²) in [5, 5.41) is 11.3. The maximum atomic E-state index is 13.0. The van der Waals surface area contributed by atoms with Crippen molar-refractivity contribution in [1.82, 2.24) is 20.2 Å². The Kier molecular flexibility index (Phi) is 2.77. The highest BCUT2D eigenvalue weighted by Gasteiger charge is 2.07. The minimum absolute atomic E-state index is 0.301. The standard InChI is InChI=1S/C9H8BrFN4/c1-2-9-12-13-14-15(9)6-3-4-8(11)7(10)5-6/h3-5H,2H2,1H3. The second-order valence-electron chi connectivity index (χ2n) is 2.96. The number of hydrogen-bond acceptors (Lipinski definition) is 3. The monoisotopic (exact) mass is 270 g/mol. The van der Waals surface area contributed by atoms with Crippen LogP contribution in [-0.2, 0) is 6.42 Å². The fraction of sp³-hybridized carbons (Fsp3) is 0.222. The van der Waals surface area contributed by atoms with Crippen molar-refractivity contribution in [3.63, 3.8) is 0 Å². The average molecular weight is 271 g/mol. The minimum Gasteiger partial charge on any atom is -0.206 e. The van der Waals surface area contributed by atoms with Crippen molar-refractivity contribution >= 4 is 15.9 Å². The number of halogens is 2. The van der Waals surface area contributed by atoms with Crippen molar-refractivity contribution in [3.8, 4) is 5.69 Å². The zero-order chi connectivity index (χ0) is 10.8. The molecule has 0 fully saturated rings. The van der Waals surface area contributed by atoms with E-state index < -0.39 is 0 Å². The van der Waals surface area contributed by atoms with Crippen LogP contribution in [0.15, 0.2) is 22.7 Å². The van der Waals surface area contributed by atoms with E-state index in [-0.39, 0.29) is 5.82 Å². The molecule has 0 spiro atoms. The van der Waals surface area contributed by atoms with Crippen LogP contribution in [0, 0.1) is 5.82 Å². The molecular weight excluding hydrogens is 263 g/mol. The Morgan fingerprint density at radius 1 is 1.47 bits per heavy atom. The third-order valence-electron chi connectivity index (χ3n) is 2.00. The summed E-state index contributed by atoms with van der Waals surface area (Å²) in [6.45, 7) is 1.96. The van der Waals surface area contributed by atoms with Crippen molar-refractivity contribution in [1.29, 1.82) is 0 Å². The molecule has 0 amide bonds. The molecule has 0 aliphatic carbocycles. The summed E-state index contributed by atoms with van der Waals surface area (Å²) in [5.41, 5.74) is 0.741. The molecule has 0 bridgehead atoms. The maximum absolute atomic E-state index is 13.0. The summed E-state index contributed by atoms with van der Waals surface area (Å²) in [5.74, 6) is 0.443. The molecule has 2 rings (SSSR count). The first-order valence-electron chi connectivity index (χ1n) is 4.45. The van der Waals surface area contributed by atoms with Gasteiger partial charge in [0.15, 0.2) is 5.82 Å². The zero-order valence-corrected chi connectivity index (χ0v) is 9.57. The molecular formula is C9H8BrFN4. The molecule has 2 aromatic rings. The van der Waals surface area contributed by atoms with Crippen LogP contribution in [0.1, 0.15) is 12.7 Å². The lowest BCUT2D eigenvalue weighted by Crippen LogP contribution is -2.02. The normalized spacial score (nSPS) is 10.6. The van der Waals surface area contributed by atoms with Crippen LogP contribution in [0.2, 0.25) is 0 Å². The molecule has 0 aliphatic rings. The molecule has 0 saturated heterocycles. The number of aromatic nitrogens is 4. The second-order valence-corrected chi connectivity index (χ2v) is 3.81. The fourth-order valence-electron chi connectivity index (χ4n) is 1.24. The van der Waals surface area contributed by atoms with Crippen LogP contribution < -0.4 is 0 Å². The zero-order valence-electron chi connectivity index (χ0n) is 7.98. The van der Waals surface area contributed by atoms with E-state index in [1.165, 1.54) is 6.07 Å². The number of hydrogen-bond donors (Lipinski definition) is 0. The van der Waals surface area contributed by atoms with Gasteiger partial charge in [0.25, 0.3) is 0 Å². The smallest absolute Gasteiger partial charge is 0.156 e. The van der Waals surface area contributed by atoms with Gasteiger partial charge in [-0.25, -0.2) is 4.39 Å². The van der Waals surface area contributed by atoms with E-state index in [9.17, 15) is 4.39 Å². The second kappa shape index (κ2) is 4.06. The summed E-state index contributed by atoms with van der Waals surface area (Å²) >= 11 is 3.12. The molecule has 0 unspecified atom stereocenters. The molecule has 1 aromatic heterocycles. The topological polar surface area (TPSA) is 43.6 Å². The predicted molar refractivity (Wildman–Crippen MR) is 56.2 cm³/mol. The molecule has 0 atom stereocenters. The van der Waals surface area contributed by atoms with Gasteiger partial charge in [-0.3, -0.25) is 0 Å². The van der Waals surface area contributed by atoms with E-state index >= 15 is 0 Å². The van der Waals surface area contributed by atoms with Crippen LogP contribution in [0.3, 0.4) is 0 Å². The Morgan fingerprint density at radius 2 is 2.27 bits per heavy atom. The van der Waals surface area contributed by atoms with Crippen molar-refractivity contribution in [2.24, 2.45) is 0 Å². The summed E-state index contributed by atoms with van der Waals surface area (Å²) < 4.78 is 15.0. The Bertz CT molecular complexity index is 483. The number of benzene rings is 1. The highest BCUT2D eigenvalue weighted by molar-refractivity contribution is 9.10. The molecule has 0 aliphatic heterocycles. The molecule has 0 N–H and O–H groups in total. The molecule has 6 heteroatoms. The van der Waals surface area contributed by atoms with Gasteiger partial charge in [-0.2, -0.15) is 4.68 Å². The third-order valence-corrected chi connectivity index (χ3v) is 2.61. The van der Waals surface area contributed by atoms with Gasteiger partial charge in [0.1, 0.15) is 5.82 Å². The lowest BCUT2D eigenvalue weighted by molar-refractivity contribution is 0.619. The Balaban J connectivity index is 2.50. The van der Waals surface area contributed by atoms with Gasteiger partial charge < -0.3 is 0 Å². The third kappa shape index (κ3) is 1.90. The lowest BCUT2D eigenvalue weighted by Gasteiger charge is -2.03. The van der Waals surface area contributed by atoms with Crippen LogP contribution in [-0.4, -0.2) is 20.2 Å². The molecule has 15 heavy (non-hydrogen) atoms. The fourth-order valence-corrected chi connectivity index (χ4v) is 1.61. The van der Waals surface area contributed by atoms with Crippen LogP contribution in [0.4, 0.5) is 4.39 Å². The van der Waals surface area contributed by atoms with Gasteiger partial charge in [-0.1, -0.05) is 6.92 Å². The lowest BCUT2D eigenvalue weighted by atomic mass is 10.3. The van der Waals surface area contributed by atoms with Crippen LogP contribution >= 0.6 is 15.9 Å². The van der Waals surface area contributed by atoms with E-state index in [1.54, 1.807) is 16.8 Å². The molecule has 4 nitrogen and oxygen atoms in total. The van der Waals surface area contributed by atoms with Gasteiger partial charge in [0, 0.05) is 6.42 Å². The van der Waals surface area contributed by atoms with Crippen molar-refractivity contribution in [2.45, 2.75) is 13.3 Å². The predicted octanol–water partition coefficient (Wildman–Crippen LogP) is 2.13. The average Bonchev–Trinajstić information content (AvgIpc) is 2.70. The molecule has 0 radical (unpaired) electrons. The molecule has 1 aromatic carbocycles. The number of rotatable bonds is 2. The first kappa shape index (κ1) is 10.2. The maximum Gasteiger partial charge on any atom is 0.156 e. The summed E-state index contributed by atoms with van der Waals surface area (Å²) in [6, 6.07) is 4.65. The van der Waals surface area contributed by atoms with Crippen molar-refractivity contribution < 1.29 is 4.39 Å². The van der Waals surface area contributed by atoms with E-state index in [0.717, 1.165) is 17.9 Å². The van der Waals surface area contributed by atoms with Crippen LogP contribution in [0.5, 0.6) is 0 Å². The number of aryl methyl sites for hydroxylation is 1. The van der Waals surface area contributed by atoms with Crippen LogP contribution in [0.25, 0.3) is 5.69 Å². The summed E-state index contributed by atoms with van der Waals surface area (Å²) in [7, 11) is 0. The van der Waals surface area contributed by atoms with E-state index in [4.69, 9.17) is 0 Å². The molecule has 78 valence electrons. The minimum atomic E-state index is -0.301. The highest BCUT2D eigenvalue weighted by atomic mass is 79.9. The summed E-state index contributed by atoms with van der Waals surface area (Å²) in [4.78, 5) is 0. The molecule has 0 saturated carbocycles. The highest BCUT2D eigenvalue weighted by Crippen LogP contribution is 2.19. The quantitative estimate of drug-likeness (QED) is 0.840. The largest absolute Gasteiger partial charge is 0.206 e. The van der Waals surface area contributed by atoms with Gasteiger partial charge in [0.05, 0.1) is 10.2 Å². The van der Waals surface area contributed by atoms with Gasteiger partial charge >= 0.3 is 0 Å². The van der Waals surface area contributed by atoms with Crippen molar-refractivity contribution in [3.05, 3.63) is 34.3 Å². The Labute approximate surface area is 94.2 Å². The SMILES string of the molecule is CCc1nnnn1-c1ccc(F)c(Br)c1. The number of tetrazole rings is 1. The van der Waals surface area contributed by atoms with E-state index in [1.807, 2.05) is 6.92 Å². The van der Waals surface area contributed by atoms with E-state index in [0.29, 0.717) is 4.47 Å². The molecule has 1 heterocycles. The van der Waals surface area contributed by atoms with E-state index in [2.05, 4.69) is 31.5 Å². The first-order chi connectivity index (χ1) is 7.22. The summed E-state index contributed by atoms with van der Waals surface area (Å²) in [6.07, 6.45) is 0.724. The van der Waals surface area contributed by atoms with Gasteiger partial charge in [-0.15, -0.1) is 5.10 Å². The van der Waals surface area contributed by atoms with Gasteiger partial charge in [-0.05, 0) is 44.6 Å². The van der Waals surface area contributed by atoms with Gasteiger partial charge in [0.2, 0.25) is 0 Å². The first-order valence-corrected chi connectivity index (χ1v) is 5.24. The van der Waals surface area contributed by atoms with Crippen molar-refractivity contribution in [2.75, 3.05) is 0 Å². The Hall–Kier alpha value is -1.30.